The maximum atomic E-state index is 13.6. The van der Waals surface area contributed by atoms with Crippen LogP contribution in [0.25, 0.3) is 11.4 Å². The molecule has 1 aromatic heterocycles. The fourth-order valence-electron chi connectivity index (χ4n) is 4.48. The first-order chi connectivity index (χ1) is 15.9. The Hall–Kier alpha value is -3.15. The Kier molecular flexibility index (Phi) is 7.11. The van der Waals surface area contributed by atoms with E-state index in [2.05, 4.69) is 60.1 Å². The summed E-state index contributed by atoms with van der Waals surface area (Å²) in [5, 5.41) is 4.16. The van der Waals surface area contributed by atoms with Gasteiger partial charge in [-0.25, -0.2) is 0 Å². The zero-order valence-corrected chi connectivity index (χ0v) is 20.1. The number of rotatable bonds is 7. The molecule has 0 radical (unpaired) electrons. The molecule has 4 rings (SSSR count). The number of carbonyl (C=O) groups is 1. The quantitative estimate of drug-likeness (QED) is 0.496. The van der Waals surface area contributed by atoms with Gasteiger partial charge in [-0.05, 0) is 50.8 Å². The summed E-state index contributed by atoms with van der Waals surface area (Å²) in [6, 6.07) is 16.6. The van der Waals surface area contributed by atoms with Crippen molar-refractivity contribution in [2.75, 3.05) is 24.5 Å². The summed E-state index contributed by atoms with van der Waals surface area (Å²) in [4.78, 5) is 22.4. The van der Waals surface area contributed by atoms with Crippen LogP contribution in [0.3, 0.4) is 0 Å². The molecule has 1 fully saturated rings. The van der Waals surface area contributed by atoms with E-state index in [9.17, 15) is 4.79 Å². The lowest BCUT2D eigenvalue weighted by Gasteiger charge is -2.36. The molecule has 1 aliphatic rings. The summed E-state index contributed by atoms with van der Waals surface area (Å²) in [6.07, 6.45) is 1.92. The van der Waals surface area contributed by atoms with Crippen LogP contribution in [0.2, 0.25) is 0 Å². The summed E-state index contributed by atoms with van der Waals surface area (Å²) >= 11 is 0. The van der Waals surface area contributed by atoms with Crippen LogP contribution >= 0.6 is 0 Å². The highest BCUT2D eigenvalue weighted by Crippen LogP contribution is 2.26. The molecule has 1 saturated heterocycles. The summed E-state index contributed by atoms with van der Waals surface area (Å²) in [5.41, 5.74) is 4.50. The third-order valence-electron chi connectivity index (χ3n) is 6.14. The van der Waals surface area contributed by atoms with Crippen molar-refractivity contribution < 1.29 is 9.32 Å². The average Bonchev–Trinajstić information content (AvgIpc) is 3.27. The second kappa shape index (κ2) is 10.2. The number of nitrogens with zero attached hydrogens (tertiary/aromatic N) is 4. The van der Waals surface area contributed by atoms with Crippen molar-refractivity contribution in [1.29, 1.82) is 0 Å². The van der Waals surface area contributed by atoms with Gasteiger partial charge >= 0.3 is 0 Å². The van der Waals surface area contributed by atoms with Crippen LogP contribution in [0.1, 0.15) is 43.7 Å². The minimum atomic E-state index is -0.0297. The molecule has 1 atom stereocenters. The molecule has 1 unspecified atom stereocenters. The molecule has 33 heavy (non-hydrogen) atoms. The van der Waals surface area contributed by atoms with E-state index in [1.165, 1.54) is 11.3 Å². The number of benzene rings is 2. The number of hydrogen-bond acceptors (Lipinski definition) is 5. The molecule has 174 valence electrons. The van der Waals surface area contributed by atoms with Crippen molar-refractivity contribution >= 4 is 11.6 Å². The summed E-state index contributed by atoms with van der Waals surface area (Å²) < 4.78 is 5.54. The van der Waals surface area contributed by atoms with Gasteiger partial charge in [0, 0.05) is 30.9 Å². The molecule has 1 amide bonds. The fourth-order valence-corrected chi connectivity index (χ4v) is 4.48. The molecular weight excluding hydrogens is 412 g/mol. The van der Waals surface area contributed by atoms with Crippen LogP contribution in [0, 0.1) is 25.7 Å². The van der Waals surface area contributed by atoms with E-state index in [1.54, 1.807) is 0 Å². The first-order valence-electron chi connectivity index (χ1n) is 11.9. The van der Waals surface area contributed by atoms with E-state index in [1.807, 2.05) is 36.1 Å². The maximum Gasteiger partial charge on any atom is 0.246 e. The van der Waals surface area contributed by atoms with Crippen molar-refractivity contribution in [3.05, 3.63) is 65.5 Å². The first kappa shape index (κ1) is 23.0. The van der Waals surface area contributed by atoms with Gasteiger partial charge in [-0.3, -0.25) is 4.79 Å². The highest BCUT2D eigenvalue weighted by atomic mass is 16.5. The number of carbonyl (C=O) groups excluding carboxylic acids is 1. The second-order valence-electron chi connectivity index (χ2n) is 9.61. The van der Waals surface area contributed by atoms with Crippen LogP contribution in [0.5, 0.6) is 0 Å². The average molecular weight is 447 g/mol. The fraction of sp³-hybridized carbons (Fsp3) is 0.444. The lowest BCUT2D eigenvalue weighted by Crippen LogP contribution is -2.45. The molecule has 0 N–H and O–H groups in total. The van der Waals surface area contributed by atoms with Gasteiger partial charge in [-0.1, -0.05) is 60.5 Å². The van der Waals surface area contributed by atoms with Crippen molar-refractivity contribution in [1.82, 2.24) is 15.0 Å². The van der Waals surface area contributed by atoms with Crippen LogP contribution in [0.15, 0.2) is 53.1 Å². The molecule has 0 aliphatic carbocycles. The Balaban J connectivity index is 1.47. The number of hydrogen-bond donors (Lipinski definition) is 0. The van der Waals surface area contributed by atoms with Crippen molar-refractivity contribution in [2.45, 2.75) is 47.1 Å². The van der Waals surface area contributed by atoms with Crippen LogP contribution in [0.4, 0.5) is 5.69 Å². The van der Waals surface area contributed by atoms with E-state index < -0.39 is 0 Å². The zero-order valence-electron chi connectivity index (χ0n) is 20.1. The monoisotopic (exact) mass is 446 g/mol. The highest BCUT2D eigenvalue weighted by molar-refractivity contribution is 5.79. The van der Waals surface area contributed by atoms with Crippen molar-refractivity contribution in [2.24, 2.45) is 11.8 Å². The predicted octanol–water partition coefficient (Wildman–Crippen LogP) is 5.25. The molecule has 3 aromatic rings. The third-order valence-corrected chi connectivity index (χ3v) is 6.14. The largest absolute Gasteiger partial charge is 0.371 e. The highest BCUT2D eigenvalue weighted by Gasteiger charge is 2.30. The summed E-state index contributed by atoms with van der Waals surface area (Å²) in [7, 11) is 0. The lowest BCUT2D eigenvalue weighted by molar-refractivity contribution is -0.137. The number of aromatic nitrogens is 2. The van der Waals surface area contributed by atoms with E-state index in [0.717, 1.165) is 37.1 Å². The topological polar surface area (TPSA) is 62.5 Å². The second-order valence-corrected chi connectivity index (χ2v) is 9.61. The van der Waals surface area contributed by atoms with Gasteiger partial charge in [0.15, 0.2) is 0 Å². The Labute approximate surface area is 196 Å². The van der Waals surface area contributed by atoms with E-state index in [0.29, 0.717) is 30.7 Å². The Morgan fingerprint density at radius 3 is 2.67 bits per heavy atom. The van der Waals surface area contributed by atoms with E-state index >= 15 is 0 Å². The molecule has 0 bridgehead atoms. The van der Waals surface area contributed by atoms with Gasteiger partial charge in [0.2, 0.25) is 17.6 Å². The van der Waals surface area contributed by atoms with Gasteiger partial charge in [0.1, 0.15) is 6.54 Å². The van der Waals surface area contributed by atoms with Gasteiger partial charge in [-0.15, -0.1) is 0 Å². The number of anilines is 1. The van der Waals surface area contributed by atoms with Gasteiger partial charge in [-0.2, -0.15) is 4.98 Å². The van der Waals surface area contributed by atoms with E-state index in [-0.39, 0.29) is 11.8 Å². The smallest absolute Gasteiger partial charge is 0.246 e. The zero-order chi connectivity index (χ0) is 23.4. The van der Waals surface area contributed by atoms with Crippen molar-refractivity contribution in [3.63, 3.8) is 0 Å². The molecule has 1 aliphatic heterocycles. The number of amides is 1. The number of aryl methyl sites for hydroxylation is 2. The normalized spacial score (nSPS) is 16.3. The summed E-state index contributed by atoms with van der Waals surface area (Å²) in [5.74, 6) is 1.54. The Bertz CT molecular complexity index is 1070. The lowest BCUT2D eigenvalue weighted by atomic mass is 9.95. The molecule has 2 heterocycles. The van der Waals surface area contributed by atoms with E-state index in [4.69, 9.17) is 4.52 Å². The molecule has 0 saturated carbocycles. The van der Waals surface area contributed by atoms with Crippen LogP contribution in [-0.4, -0.2) is 40.6 Å². The number of piperidine rings is 1. The van der Waals surface area contributed by atoms with Gasteiger partial charge in [0.05, 0.1) is 5.92 Å². The van der Waals surface area contributed by atoms with Gasteiger partial charge < -0.3 is 14.3 Å². The minimum absolute atomic E-state index is 0.0297. The van der Waals surface area contributed by atoms with Crippen LogP contribution < -0.4 is 4.90 Å². The molecule has 2 aromatic carbocycles. The standard InChI is InChI=1S/C27H34N4O2/c1-19(2)16-31(18-25-28-26(29-33-25)22-8-5-7-21(4)15-22)27(32)23-9-6-14-30(17-23)24-12-10-20(3)11-13-24/h5,7-8,10-13,15,19,23H,6,9,14,16-18H2,1-4H3. The molecule has 0 spiro atoms. The van der Waals surface area contributed by atoms with Crippen LogP contribution in [-0.2, 0) is 11.3 Å². The molecule has 6 nitrogen and oxygen atoms in total. The van der Waals surface area contributed by atoms with Gasteiger partial charge in [0.25, 0.3) is 0 Å². The Morgan fingerprint density at radius 2 is 1.94 bits per heavy atom. The van der Waals surface area contributed by atoms with Crippen molar-refractivity contribution in [3.8, 4) is 11.4 Å². The predicted molar refractivity (Wildman–Crippen MR) is 131 cm³/mol. The first-order valence-corrected chi connectivity index (χ1v) is 11.9. The minimum Gasteiger partial charge on any atom is -0.371 e. The molecule has 6 heteroatoms. The SMILES string of the molecule is Cc1ccc(N2CCCC(C(=O)N(Cc3nc(-c4cccc(C)c4)no3)CC(C)C)C2)cc1. The third kappa shape index (κ3) is 5.81. The Morgan fingerprint density at radius 1 is 1.15 bits per heavy atom. The molecular formula is C27H34N4O2. The maximum absolute atomic E-state index is 13.6. The summed E-state index contributed by atoms with van der Waals surface area (Å²) in [6.45, 7) is 11.1.